The first kappa shape index (κ1) is 14.1. The predicted octanol–water partition coefficient (Wildman–Crippen LogP) is 3.14. The number of nitrogens with zero attached hydrogens (tertiary/aromatic N) is 2. The van der Waals surface area contributed by atoms with Crippen LogP contribution >= 0.6 is 11.6 Å². The van der Waals surface area contributed by atoms with Gasteiger partial charge in [-0.25, -0.2) is 0 Å². The highest BCUT2D eigenvalue weighted by Crippen LogP contribution is 2.22. The maximum Gasteiger partial charge on any atom is 0.0669 e. The summed E-state index contributed by atoms with van der Waals surface area (Å²) in [4.78, 5) is 0. The van der Waals surface area contributed by atoms with Gasteiger partial charge in [-0.3, -0.25) is 4.68 Å². The molecule has 102 valence electrons. The smallest absolute Gasteiger partial charge is 0.0669 e. The highest BCUT2D eigenvalue weighted by molar-refractivity contribution is 6.30. The van der Waals surface area contributed by atoms with Crippen LogP contribution < -0.4 is 5.32 Å². The molecule has 1 aromatic carbocycles. The molecule has 1 atom stereocenters. The maximum atomic E-state index is 5.92. The number of rotatable bonds is 5. The van der Waals surface area contributed by atoms with E-state index in [9.17, 15) is 0 Å². The first-order valence-electron chi connectivity index (χ1n) is 6.58. The molecule has 0 saturated heterocycles. The van der Waals surface area contributed by atoms with Crippen LogP contribution in [-0.4, -0.2) is 16.8 Å². The maximum absolute atomic E-state index is 5.92. The van der Waals surface area contributed by atoms with E-state index in [-0.39, 0.29) is 6.04 Å². The second-order valence-corrected chi connectivity index (χ2v) is 5.17. The molecule has 0 amide bonds. The summed E-state index contributed by atoms with van der Waals surface area (Å²) >= 11 is 5.92. The fourth-order valence-corrected chi connectivity index (χ4v) is 2.47. The minimum atomic E-state index is 0.282. The fourth-order valence-electron chi connectivity index (χ4n) is 2.34. The van der Waals surface area contributed by atoms with E-state index in [1.165, 1.54) is 11.1 Å². The molecule has 0 aliphatic carbocycles. The van der Waals surface area contributed by atoms with Gasteiger partial charge >= 0.3 is 0 Å². The molecule has 0 spiro atoms. The normalized spacial score (nSPS) is 12.6. The van der Waals surface area contributed by atoms with Crippen molar-refractivity contribution in [2.75, 3.05) is 7.05 Å². The van der Waals surface area contributed by atoms with Crippen molar-refractivity contribution in [2.45, 2.75) is 25.8 Å². The first-order chi connectivity index (χ1) is 9.13. The average Bonchev–Trinajstić information content (AvgIpc) is 2.79. The van der Waals surface area contributed by atoms with E-state index in [0.717, 1.165) is 23.6 Å². The lowest BCUT2D eigenvalue weighted by atomic mass is 9.99. The lowest BCUT2D eigenvalue weighted by molar-refractivity contribution is 0.586. The first-order valence-corrected chi connectivity index (χ1v) is 6.96. The number of hydrogen-bond acceptors (Lipinski definition) is 2. The topological polar surface area (TPSA) is 29.9 Å². The largest absolute Gasteiger partial charge is 0.313 e. The van der Waals surface area contributed by atoms with E-state index in [1.54, 1.807) is 0 Å². The number of benzene rings is 1. The van der Waals surface area contributed by atoms with Crippen LogP contribution in [0.5, 0.6) is 0 Å². The summed E-state index contributed by atoms with van der Waals surface area (Å²) in [5.74, 6) is 0. The molecule has 3 nitrogen and oxygen atoms in total. The minimum Gasteiger partial charge on any atom is -0.313 e. The van der Waals surface area contributed by atoms with Gasteiger partial charge in [-0.05, 0) is 37.6 Å². The van der Waals surface area contributed by atoms with Gasteiger partial charge in [0.1, 0.15) is 0 Å². The number of hydrogen-bond donors (Lipinski definition) is 1. The van der Waals surface area contributed by atoms with E-state index >= 15 is 0 Å². The number of halogens is 1. The van der Waals surface area contributed by atoms with Gasteiger partial charge in [0.15, 0.2) is 0 Å². The van der Waals surface area contributed by atoms with Crippen LogP contribution in [-0.2, 0) is 19.9 Å². The summed E-state index contributed by atoms with van der Waals surface area (Å²) in [7, 11) is 3.96. The molecule has 1 aromatic heterocycles. The minimum absolute atomic E-state index is 0.282. The van der Waals surface area contributed by atoms with Crippen LogP contribution in [0, 0.1) is 0 Å². The van der Waals surface area contributed by atoms with Crippen molar-refractivity contribution in [3.63, 3.8) is 0 Å². The number of aromatic nitrogens is 2. The molecular weight excluding hydrogens is 258 g/mol. The molecule has 19 heavy (non-hydrogen) atoms. The van der Waals surface area contributed by atoms with Crippen LogP contribution in [0.15, 0.2) is 30.5 Å². The molecule has 1 heterocycles. The van der Waals surface area contributed by atoms with E-state index in [4.69, 9.17) is 11.6 Å². The second kappa shape index (κ2) is 6.22. The molecule has 0 radical (unpaired) electrons. The molecule has 0 saturated carbocycles. The van der Waals surface area contributed by atoms with E-state index in [1.807, 2.05) is 30.9 Å². The van der Waals surface area contributed by atoms with Gasteiger partial charge in [-0.2, -0.15) is 5.10 Å². The Morgan fingerprint density at radius 3 is 2.58 bits per heavy atom. The SMILES string of the molecule is CCc1nn(C)cc1C(Cc1ccc(Cl)cc1)NC. The van der Waals surface area contributed by atoms with Crippen molar-refractivity contribution in [1.82, 2.24) is 15.1 Å². The fraction of sp³-hybridized carbons (Fsp3) is 0.400. The molecule has 1 N–H and O–H groups in total. The van der Waals surface area contributed by atoms with Crippen LogP contribution in [0.1, 0.15) is 29.8 Å². The predicted molar refractivity (Wildman–Crippen MR) is 79.5 cm³/mol. The van der Waals surface area contributed by atoms with Crippen molar-refractivity contribution < 1.29 is 0 Å². The Balaban J connectivity index is 2.22. The van der Waals surface area contributed by atoms with E-state index in [2.05, 4.69) is 35.7 Å². The summed E-state index contributed by atoms with van der Waals surface area (Å²) < 4.78 is 1.89. The monoisotopic (exact) mass is 277 g/mol. The third-order valence-electron chi connectivity index (χ3n) is 3.35. The zero-order valence-electron chi connectivity index (χ0n) is 11.7. The second-order valence-electron chi connectivity index (χ2n) is 4.73. The van der Waals surface area contributed by atoms with E-state index in [0.29, 0.717) is 0 Å². The quantitative estimate of drug-likeness (QED) is 0.910. The molecule has 2 rings (SSSR count). The van der Waals surface area contributed by atoms with Crippen LogP contribution in [0.25, 0.3) is 0 Å². The molecule has 0 fully saturated rings. The molecular formula is C15H20ClN3. The zero-order chi connectivity index (χ0) is 13.8. The summed E-state index contributed by atoms with van der Waals surface area (Å²) in [6.45, 7) is 2.14. The lowest BCUT2D eigenvalue weighted by Crippen LogP contribution is -2.19. The summed E-state index contributed by atoms with van der Waals surface area (Å²) in [5, 5.41) is 8.67. The Kier molecular flexibility index (Phi) is 4.61. The Morgan fingerprint density at radius 2 is 2.00 bits per heavy atom. The van der Waals surface area contributed by atoms with Crippen LogP contribution in [0.4, 0.5) is 0 Å². The van der Waals surface area contributed by atoms with Crippen LogP contribution in [0.2, 0.25) is 5.02 Å². The third-order valence-corrected chi connectivity index (χ3v) is 3.60. The summed E-state index contributed by atoms with van der Waals surface area (Å²) in [5.41, 5.74) is 3.72. The number of aryl methyl sites for hydroxylation is 2. The van der Waals surface area contributed by atoms with Gasteiger partial charge in [0.2, 0.25) is 0 Å². The standard InChI is InChI=1S/C15H20ClN3/c1-4-14-13(10-19(3)18-14)15(17-2)9-11-5-7-12(16)8-6-11/h5-8,10,15,17H,4,9H2,1-3H3. The summed E-state index contributed by atoms with van der Waals surface area (Å²) in [6.07, 6.45) is 4.00. The Morgan fingerprint density at radius 1 is 1.32 bits per heavy atom. The number of likely N-dealkylation sites (N-methyl/N-ethyl adjacent to an activating group) is 1. The molecule has 0 aliphatic heterocycles. The van der Waals surface area contributed by atoms with Crippen molar-refractivity contribution >= 4 is 11.6 Å². The van der Waals surface area contributed by atoms with Crippen molar-refractivity contribution in [3.8, 4) is 0 Å². The van der Waals surface area contributed by atoms with Crippen molar-refractivity contribution in [1.29, 1.82) is 0 Å². The molecule has 4 heteroatoms. The van der Waals surface area contributed by atoms with Gasteiger partial charge in [0, 0.05) is 29.9 Å². The van der Waals surface area contributed by atoms with Gasteiger partial charge in [-0.15, -0.1) is 0 Å². The Labute approximate surface area is 119 Å². The van der Waals surface area contributed by atoms with Gasteiger partial charge in [-0.1, -0.05) is 30.7 Å². The van der Waals surface area contributed by atoms with Crippen molar-refractivity contribution in [3.05, 3.63) is 52.3 Å². The van der Waals surface area contributed by atoms with E-state index < -0.39 is 0 Å². The molecule has 1 unspecified atom stereocenters. The highest BCUT2D eigenvalue weighted by atomic mass is 35.5. The number of nitrogens with one attached hydrogen (secondary N) is 1. The average molecular weight is 278 g/mol. The molecule has 2 aromatic rings. The highest BCUT2D eigenvalue weighted by Gasteiger charge is 2.16. The molecule has 0 aliphatic rings. The zero-order valence-corrected chi connectivity index (χ0v) is 12.4. The lowest BCUT2D eigenvalue weighted by Gasteiger charge is -2.16. The van der Waals surface area contributed by atoms with Gasteiger partial charge < -0.3 is 5.32 Å². The van der Waals surface area contributed by atoms with Gasteiger partial charge in [0.25, 0.3) is 0 Å². The molecule has 0 bridgehead atoms. The van der Waals surface area contributed by atoms with Crippen LogP contribution in [0.3, 0.4) is 0 Å². The third kappa shape index (κ3) is 3.37. The van der Waals surface area contributed by atoms with Crippen molar-refractivity contribution in [2.24, 2.45) is 7.05 Å². The Hall–Kier alpha value is -1.32. The van der Waals surface area contributed by atoms with Gasteiger partial charge in [0.05, 0.1) is 5.69 Å². The Bertz CT molecular complexity index is 531. The summed E-state index contributed by atoms with van der Waals surface area (Å²) in [6, 6.07) is 8.31.